The minimum absolute atomic E-state index is 0.123. The van der Waals surface area contributed by atoms with Crippen LogP contribution in [0.1, 0.15) is 23.5 Å². The van der Waals surface area contributed by atoms with Gasteiger partial charge >= 0.3 is 6.09 Å². The Labute approximate surface area is 151 Å². The molecule has 136 valence electrons. The fourth-order valence-electron chi connectivity index (χ4n) is 3.82. The third kappa shape index (κ3) is 3.19. The lowest BCUT2D eigenvalue weighted by atomic mass is 9.87. The van der Waals surface area contributed by atoms with Gasteiger partial charge in [0.15, 0.2) is 11.5 Å². The third-order valence-corrected chi connectivity index (χ3v) is 5.16. The monoisotopic (exact) mass is 357 g/mol. The molecule has 0 aliphatic carbocycles. The molecule has 0 spiro atoms. The van der Waals surface area contributed by atoms with Crippen molar-refractivity contribution in [2.45, 2.75) is 18.9 Å². The van der Waals surface area contributed by atoms with E-state index in [9.17, 15) is 14.3 Å². The summed E-state index contributed by atoms with van der Waals surface area (Å²) in [5.74, 6) is 1.45. The lowest BCUT2D eigenvalue weighted by Crippen LogP contribution is -2.27. The van der Waals surface area contributed by atoms with E-state index >= 15 is 0 Å². The predicted molar refractivity (Wildman–Crippen MR) is 93.1 cm³/mol. The number of para-hydroxylation sites is 1. The molecule has 0 unspecified atom stereocenters. The summed E-state index contributed by atoms with van der Waals surface area (Å²) in [6, 6.07) is 12.0. The van der Waals surface area contributed by atoms with Crippen LogP contribution in [0.2, 0.25) is 0 Å². The maximum absolute atomic E-state index is 13.0. The van der Waals surface area contributed by atoms with Crippen molar-refractivity contribution >= 4 is 6.09 Å². The van der Waals surface area contributed by atoms with Crippen molar-refractivity contribution in [2.24, 2.45) is 5.92 Å². The van der Waals surface area contributed by atoms with Crippen LogP contribution in [-0.4, -0.2) is 35.8 Å². The van der Waals surface area contributed by atoms with Gasteiger partial charge in [-0.1, -0.05) is 24.3 Å². The van der Waals surface area contributed by atoms with E-state index in [-0.39, 0.29) is 17.7 Å². The van der Waals surface area contributed by atoms with Gasteiger partial charge in [-0.05, 0) is 36.1 Å². The standard InChI is InChI=1S/C20H20FNO4/c21-15-6-4-13(5-7-15)12-26-18-3-1-2-16-17-11-22(20(23)24)10-14(17)8-9-25-19(16)18/h1-7,14,17H,8-12H2,(H,23,24)/t14-,17-/m1/s1. The molecule has 0 aromatic heterocycles. The van der Waals surface area contributed by atoms with Crippen molar-refractivity contribution in [3.8, 4) is 11.5 Å². The summed E-state index contributed by atoms with van der Waals surface area (Å²) in [6.45, 7) is 1.88. The van der Waals surface area contributed by atoms with Crippen LogP contribution in [0.3, 0.4) is 0 Å². The minimum Gasteiger partial charge on any atom is -0.489 e. The van der Waals surface area contributed by atoms with Gasteiger partial charge in [-0.3, -0.25) is 0 Å². The average molecular weight is 357 g/mol. The zero-order chi connectivity index (χ0) is 18.1. The summed E-state index contributed by atoms with van der Waals surface area (Å²) in [5, 5.41) is 9.31. The van der Waals surface area contributed by atoms with E-state index in [2.05, 4.69) is 0 Å². The average Bonchev–Trinajstić information content (AvgIpc) is 2.98. The number of fused-ring (bicyclic) bond motifs is 3. The molecule has 1 saturated heterocycles. The molecule has 2 atom stereocenters. The van der Waals surface area contributed by atoms with Gasteiger partial charge in [-0.25, -0.2) is 9.18 Å². The lowest BCUT2D eigenvalue weighted by molar-refractivity contribution is 0.152. The molecule has 0 bridgehead atoms. The van der Waals surface area contributed by atoms with E-state index in [4.69, 9.17) is 9.47 Å². The molecule has 2 aromatic rings. The molecule has 4 rings (SSSR count). The highest BCUT2D eigenvalue weighted by atomic mass is 19.1. The quantitative estimate of drug-likeness (QED) is 0.906. The van der Waals surface area contributed by atoms with Crippen LogP contribution in [-0.2, 0) is 6.61 Å². The van der Waals surface area contributed by atoms with Crippen molar-refractivity contribution in [1.29, 1.82) is 0 Å². The lowest BCUT2D eigenvalue weighted by Gasteiger charge is -2.18. The molecule has 26 heavy (non-hydrogen) atoms. The number of hydrogen-bond donors (Lipinski definition) is 1. The maximum Gasteiger partial charge on any atom is 0.407 e. The molecule has 2 aromatic carbocycles. The van der Waals surface area contributed by atoms with Crippen LogP contribution in [0.25, 0.3) is 0 Å². The molecular formula is C20H20FNO4. The van der Waals surface area contributed by atoms with Gasteiger partial charge in [0.25, 0.3) is 0 Å². The number of halogens is 1. The number of rotatable bonds is 3. The Morgan fingerprint density at radius 2 is 2.04 bits per heavy atom. The number of hydrogen-bond acceptors (Lipinski definition) is 3. The molecule has 0 radical (unpaired) electrons. The van der Waals surface area contributed by atoms with Crippen LogP contribution in [0.5, 0.6) is 11.5 Å². The predicted octanol–water partition coefficient (Wildman–Crippen LogP) is 3.88. The van der Waals surface area contributed by atoms with Crippen molar-refractivity contribution in [2.75, 3.05) is 19.7 Å². The largest absolute Gasteiger partial charge is 0.489 e. The molecule has 2 aliphatic heterocycles. The summed E-state index contributed by atoms with van der Waals surface area (Å²) < 4.78 is 24.9. The van der Waals surface area contributed by atoms with E-state index in [0.29, 0.717) is 37.8 Å². The topological polar surface area (TPSA) is 59.0 Å². The highest BCUT2D eigenvalue weighted by Crippen LogP contribution is 2.45. The summed E-state index contributed by atoms with van der Waals surface area (Å²) in [5.41, 5.74) is 1.88. The molecule has 1 N–H and O–H groups in total. The molecule has 1 amide bonds. The minimum atomic E-state index is -0.871. The first-order chi connectivity index (χ1) is 12.6. The molecule has 6 heteroatoms. The van der Waals surface area contributed by atoms with Gasteiger partial charge in [0.05, 0.1) is 6.61 Å². The number of amides is 1. The summed E-state index contributed by atoms with van der Waals surface area (Å²) in [7, 11) is 0. The second-order valence-electron chi connectivity index (χ2n) is 6.78. The first kappa shape index (κ1) is 16.7. The zero-order valence-electron chi connectivity index (χ0n) is 14.2. The first-order valence-corrected chi connectivity index (χ1v) is 8.72. The van der Waals surface area contributed by atoms with E-state index in [1.165, 1.54) is 17.0 Å². The normalized spacial score (nSPS) is 21.3. The number of benzene rings is 2. The Morgan fingerprint density at radius 3 is 2.81 bits per heavy atom. The molecule has 2 heterocycles. The Bertz CT molecular complexity index is 808. The fourth-order valence-corrected chi connectivity index (χ4v) is 3.82. The third-order valence-electron chi connectivity index (χ3n) is 5.16. The van der Waals surface area contributed by atoms with Crippen molar-refractivity contribution in [1.82, 2.24) is 4.90 Å². The summed E-state index contributed by atoms with van der Waals surface area (Å²) in [4.78, 5) is 12.8. The summed E-state index contributed by atoms with van der Waals surface area (Å²) in [6.07, 6.45) is -0.0511. The van der Waals surface area contributed by atoms with E-state index in [1.807, 2.05) is 18.2 Å². The van der Waals surface area contributed by atoms with Gasteiger partial charge in [-0.2, -0.15) is 0 Å². The van der Waals surface area contributed by atoms with Gasteiger partial charge < -0.3 is 19.5 Å². The van der Waals surface area contributed by atoms with Crippen LogP contribution in [0.15, 0.2) is 42.5 Å². The smallest absolute Gasteiger partial charge is 0.407 e. The molecule has 2 aliphatic rings. The van der Waals surface area contributed by atoms with Crippen LogP contribution in [0, 0.1) is 11.7 Å². The SMILES string of the molecule is O=C(O)N1C[C@H]2CCOc3c(OCc4ccc(F)cc4)cccc3[C@@H]2C1. The number of carboxylic acid groups (broad SMARTS) is 1. The number of ether oxygens (including phenoxy) is 2. The van der Waals surface area contributed by atoms with E-state index < -0.39 is 6.09 Å². The van der Waals surface area contributed by atoms with E-state index in [0.717, 1.165) is 17.5 Å². The summed E-state index contributed by atoms with van der Waals surface area (Å²) >= 11 is 0. The number of nitrogens with zero attached hydrogens (tertiary/aromatic N) is 1. The highest BCUT2D eigenvalue weighted by molar-refractivity contribution is 5.66. The Hall–Kier alpha value is -2.76. The van der Waals surface area contributed by atoms with Crippen molar-refractivity contribution in [3.05, 3.63) is 59.4 Å². The number of carbonyl (C=O) groups is 1. The maximum atomic E-state index is 13.0. The second kappa shape index (κ2) is 6.86. The van der Waals surface area contributed by atoms with Crippen LogP contribution < -0.4 is 9.47 Å². The molecule has 1 fully saturated rings. The highest BCUT2D eigenvalue weighted by Gasteiger charge is 2.39. The van der Waals surface area contributed by atoms with Gasteiger partial charge in [0, 0.05) is 24.6 Å². The first-order valence-electron chi connectivity index (χ1n) is 8.72. The van der Waals surface area contributed by atoms with Crippen molar-refractivity contribution < 1.29 is 23.8 Å². The van der Waals surface area contributed by atoms with Gasteiger partial charge in [0.1, 0.15) is 12.4 Å². The fraction of sp³-hybridized carbons (Fsp3) is 0.350. The van der Waals surface area contributed by atoms with Crippen LogP contribution in [0.4, 0.5) is 9.18 Å². The van der Waals surface area contributed by atoms with Gasteiger partial charge in [-0.15, -0.1) is 0 Å². The molecular weight excluding hydrogens is 337 g/mol. The second-order valence-corrected chi connectivity index (χ2v) is 6.78. The van der Waals surface area contributed by atoms with Gasteiger partial charge in [0.2, 0.25) is 0 Å². The Morgan fingerprint density at radius 1 is 1.23 bits per heavy atom. The zero-order valence-corrected chi connectivity index (χ0v) is 14.2. The Balaban J connectivity index is 1.57. The number of likely N-dealkylation sites (tertiary alicyclic amines) is 1. The van der Waals surface area contributed by atoms with E-state index in [1.54, 1.807) is 12.1 Å². The molecule has 0 saturated carbocycles. The Kier molecular flexibility index (Phi) is 4.41. The van der Waals surface area contributed by atoms with Crippen LogP contribution >= 0.6 is 0 Å². The molecule has 5 nitrogen and oxygen atoms in total. The van der Waals surface area contributed by atoms with Crippen molar-refractivity contribution in [3.63, 3.8) is 0 Å².